The monoisotopic (exact) mass is 205 g/mol. The zero-order chi connectivity index (χ0) is 10.1. The van der Waals surface area contributed by atoms with Gasteiger partial charge in [0, 0.05) is 6.26 Å². The van der Waals surface area contributed by atoms with Crippen LogP contribution in [-0.2, 0) is 14.6 Å². The van der Waals surface area contributed by atoms with E-state index >= 15 is 0 Å². The minimum Gasteiger partial charge on any atom is -0.480 e. The summed E-state index contributed by atoms with van der Waals surface area (Å²) in [6.07, 6.45) is 2.82. The lowest BCUT2D eigenvalue weighted by Crippen LogP contribution is -2.21. The average Bonchev–Trinajstić information content (AvgIpc) is 2.34. The SMILES string of the molecule is CS(=O)(=O)C(C(=O)O)c1cocn1. The molecule has 0 radical (unpaired) electrons. The second-order valence-electron chi connectivity index (χ2n) is 2.46. The first-order chi connectivity index (χ1) is 5.93. The van der Waals surface area contributed by atoms with Gasteiger partial charge in [0.2, 0.25) is 5.25 Å². The number of sulfone groups is 1. The van der Waals surface area contributed by atoms with E-state index in [-0.39, 0.29) is 5.69 Å². The van der Waals surface area contributed by atoms with Crippen molar-refractivity contribution in [3.8, 4) is 0 Å². The van der Waals surface area contributed by atoms with Gasteiger partial charge in [0.25, 0.3) is 0 Å². The summed E-state index contributed by atoms with van der Waals surface area (Å²) >= 11 is 0. The predicted octanol–water partition coefficient (Wildman–Crippen LogP) is -0.155. The van der Waals surface area contributed by atoms with Crippen LogP contribution in [0.4, 0.5) is 0 Å². The van der Waals surface area contributed by atoms with Crippen molar-refractivity contribution in [2.45, 2.75) is 5.25 Å². The lowest BCUT2D eigenvalue weighted by atomic mass is 10.3. The van der Waals surface area contributed by atoms with Gasteiger partial charge in [-0.15, -0.1) is 0 Å². The third-order valence-corrected chi connectivity index (χ3v) is 2.67. The van der Waals surface area contributed by atoms with Crippen molar-refractivity contribution < 1.29 is 22.7 Å². The Morgan fingerprint density at radius 3 is 2.62 bits per heavy atom. The van der Waals surface area contributed by atoms with Gasteiger partial charge >= 0.3 is 5.97 Å². The fourth-order valence-electron chi connectivity index (χ4n) is 0.880. The highest BCUT2D eigenvalue weighted by Crippen LogP contribution is 2.19. The molecule has 1 rings (SSSR count). The topological polar surface area (TPSA) is 97.5 Å². The van der Waals surface area contributed by atoms with Crippen LogP contribution >= 0.6 is 0 Å². The Kier molecular flexibility index (Phi) is 2.37. The Morgan fingerprint density at radius 2 is 2.31 bits per heavy atom. The predicted molar refractivity (Wildman–Crippen MR) is 41.7 cm³/mol. The van der Waals surface area contributed by atoms with E-state index in [0.717, 1.165) is 18.9 Å². The smallest absolute Gasteiger partial charge is 0.328 e. The minimum atomic E-state index is -3.71. The van der Waals surface area contributed by atoms with Crippen molar-refractivity contribution in [2.75, 3.05) is 6.26 Å². The number of carboxylic acid groups (broad SMARTS) is 1. The molecule has 13 heavy (non-hydrogen) atoms. The summed E-state index contributed by atoms with van der Waals surface area (Å²) in [5.41, 5.74) is -0.116. The fraction of sp³-hybridized carbons (Fsp3) is 0.333. The quantitative estimate of drug-likeness (QED) is 0.736. The number of carbonyl (C=O) groups is 1. The third kappa shape index (κ3) is 2.05. The summed E-state index contributed by atoms with van der Waals surface area (Å²) in [5.74, 6) is -1.46. The molecule has 1 heterocycles. The van der Waals surface area contributed by atoms with Gasteiger partial charge in [-0.3, -0.25) is 4.79 Å². The Balaban J connectivity index is 3.17. The van der Waals surface area contributed by atoms with E-state index in [2.05, 4.69) is 9.40 Å². The Bertz CT molecular complexity index is 393. The summed E-state index contributed by atoms with van der Waals surface area (Å²) in [6, 6.07) is 0. The molecule has 0 bridgehead atoms. The number of hydrogen-bond donors (Lipinski definition) is 1. The number of aliphatic carboxylic acids is 1. The summed E-state index contributed by atoms with van der Waals surface area (Å²) in [7, 11) is -3.71. The van der Waals surface area contributed by atoms with E-state index in [9.17, 15) is 13.2 Å². The molecule has 72 valence electrons. The number of carboxylic acids is 1. The molecule has 0 aliphatic rings. The summed E-state index contributed by atoms with van der Waals surface area (Å²) in [5, 5.41) is 6.97. The van der Waals surface area contributed by atoms with Gasteiger partial charge < -0.3 is 9.52 Å². The molecule has 0 aliphatic heterocycles. The van der Waals surface area contributed by atoms with Crippen LogP contribution in [0.3, 0.4) is 0 Å². The molecule has 6 nitrogen and oxygen atoms in total. The van der Waals surface area contributed by atoms with Crippen molar-refractivity contribution in [3.63, 3.8) is 0 Å². The molecule has 1 atom stereocenters. The Morgan fingerprint density at radius 1 is 1.69 bits per heavy atom. The van der Waals surface area contributed by atoms with Crippen LogP contribution in [0.25, 0.3) is 0 Å². The zero-order valence-corrected chi connectivity index (χ0v) is 7.48. The number of rotatable bonds is 3. The first-order valence-corrected chi connectivity index (χ1v) is 5.18. The van der Waals surface area contributed by atoms with Crippen molar-refractivity contribution in [1.29, 1.82) is 0 Å². The summed E-state index contributed by atoms with van der Waals surface area (Å²) in [6.45, 7) is 0. The molecule has 1 aromatic rings. The third-order valence-electron chi connectivity index (χ3n) is 1.37. The molecule has 1 unspecified atom stereocenters. The number of oxazole rings is 1. The summed E-state index contributed by atoms with van der Waals surface area (Å²) in [4.78, 5) is 14.1. The van der Waals surface area contributed by atoms with Gasteiger partial charge in [0.1, 0.15) is 12.0 Å². The van der Waals surface area contributed by atoms with E-state index in [1.165, 1.54) is 0 Å². The summed E-state index contributed by atoms with van der Waals surface area (Å²) < 4.78 is 26.5. The number of aromatic nitrogens is 1. The van der Waals surface area contributed by atoms with Crippen LogP contribution in [0.1, 0.15) is 10.9 Å². The van der Waals surface area contributed by atoms with E-state index in [1.54, 1.807) is 0 Å². The van der Waals surface area contributed by atoms with Gasteiger partial charge in [-0.05, 0) is 0 Å². The van der Waals surface area contributed by atoms with Crippen LogP contribution in [0.2, 0.25) is 0 Å². The largest absolute Gasteiger partial charge is 0.480 e. The highest BCUT2D eigenvalue weighted by atomic mass is 32.2. The lowest BCUT2D eigenvalue weighted by molar-refractivity contribution is -0.136. The van der Waals surface area contributed by atoms with Crippen LogP contribution in [0.15, 0.2) is 17.1 Å². The molecule has 0 aliphatic carbocycles. The van der Waals surface area contributed by atoms with Crippen LogP contribution < -0.4 is 0 Å². The van der Waals surface area contributed by atoms with Gasteiger partial charge in [0.15, 0.2) is 16.2 Å². The fourth-order valence-corrected chi connectivity index (χ4v) is 1.80. The first-order valence-electron chi connectivity index (χ1n) is 3.22. The lowest BCUT2D eigenvalue weighted by Gasteiger charge is -2.05. The normalized spacial score (nSPS) is 13.9. The molecule has 0 amide bonds. The van der Waals surface area contributed by atoms with E-state index in [1.807, 2.05) is 0 Å². The highest BCUT2D eigenvalue weighted by molar-refractivity contribution is 7.91. The van der Waals surface area contributed by atoms with Gasteiger partial charge in [-0.25, -0.2) is 13.4 Å². The van der Waals surface area contributed by atoms with Gasteiger partial charge in [-0.2, -0.15) is 0 Å². The first kappa shape index (κ1) is 9.72. The maximum Gasteiger partial charge on any atom is 0.328 e. The molecular weight excluding hydrogens is 198 g/mol. The van der Waals surface area contributed by atoms with Crippen molar-refractivity contribution in [1.82, 2.24) is 4.98 Å². The van der Waals surface area contributed by atoms with Crippen LogP contribution in [-0.4, -0.2) is 30.7 Å². The van der Waals surface area contributed by atoms with Crippen molar-refractivity contribution >= 4 is 15.8 Å². The molecule has 0 spiro atoms. The van der Waals surface area contributed by atoms with E-state index in [0.29, 0.717) is 0 Å². The molecule has 1 N–H and O–H groups in total. The van der Waals surface area contributed by atoms with Gasteiger partial charge in [-0.1, -0.05) is 0 Å². The maximum absolute atomic E-state index is 11.0. The van der Waals surface area contributed by atoms with Crippen LogP contribution in [0, 0.1) is 0 Å². The Hall–Kier alpha value is -1.37. The van der Waals surface area contributed by atoms with Crippen LogP contribution in [0.5, 0.6) is 0 Å². The van der Waals surface area contributed by atoms with Crippen molar-refractivity contribution in [2.24, 2.45) is 0 Å². The standard InChI is InChI=1S/C6H7NO5S/c1-13(10,11)5(6(8)9)4-2-12-3-7-4/h2-3,5H,1H3,(H,8,9). The second-order valence-corrected chi connectivity index (χ2v) is 4.59. The van der Waals surface area contributed by atoms with Gasteiger partial charge in [0.05, 0.1) is 0 Å². The molecule has 0 saturated heterocycles. The molecule has 1 aromatic heterocycles. The minimum absolute atomic E-state index is 0.116. The molecule has 7 heteroatoms. The molecule has 0 saturated carbocycles. The maximum atomic E-state index is 11.0. The van der Waals surface area contributed by atoms with Crippen molar-refractivity contribution in [3.05, 3.63) is 18.4 Å². The Labute approximate surface area is 74.1 Å². The number of hydrogen-bond acceptors (Lipinski definition) is 5. The second kappa shape index (κ2) is 3.17. The molecule has 0 aromatic carbocycles. The highest BCUT2D eigenvalue weighted by Gasteiger charge is 2.32. The van der Waals surface area contributed by atoms with E-state index < -0.39 is 21.1 Å². The number of nitrogens with zero attached hydrogens (tertiary/aromatic N) is 1. The average molecular weight is 205 g/mol. The molecular formula is C6H7NO5S. The van der Waals surface area contributed by atoms with E-state index in [4.69, 9.17) is 5.11 Å². The molecule has 0 fully saturated rings. The zero-order valence-electron chi connectivity index (χ0n) is 6.67.